The van der Waals surface area contributed by atoms with Crippen molar-refractivity contribution in [1.82, 2.24) is 9.88 Å². The van der Waals surface area contributed by atoms with Gasteiger partial charge in [0.1, 0.15) is 35.8 Å². The van der Waals surface area contributed by atoms with E-state index in [-0.39, 0.29) is 12.0 Å². The maximum Gasteiger partial charge on any atom is 0.407 e. The molecule has 1 aromatic carbocycles. The number of amides is 1. The fourth-order valence-electron chi connectivity index (χ4n) is 3.56. The van der Waals surface area contributed by atoms with Gasteiger partial charge >= 0.3 is 6.09 Å². The second kappa shape index (κ2) is 7.75. The van der Waals surface area contributed by atoms with Crippen molar-refractivity contribution in [3.05, 3.63) is 36.0 Å². The molecule has 1 fully saturated rings. The van der Waals surface area contributed by atoms with E-state index in [4.69, 9.17) is 19.3 Å². The van der Waals surface area contributed by atoms with Gasteiger partial charge in [-0.05, 0) is 18.2 Å². The zero-order valence-corrected chi connectivity index (χ0v) is 15.9. The zero-order valence-electron chi connectivity index (χ0n) is 15.9. The lowest BCUT2D eigenvalue weighted by atomic mass is 10.2. The number of aromatic nitrogens is 1. The summed E-state index contributed by atoms with van der Waals surface area (Å²) in [6, 6.07) is 9.36. The van der Waals surface area contributed by atoms with Crippen molar-refractivity contribution in [1.29, 1.82) is 5.26 Å². The van der Waals surface area contributed by atoms with Gasteiger partial charge in [0.15, 0.2) is 0 Å². The van der Waals surface area contributed by atoms with Crippen molar-refractivity contribution in [3.8, 4) is 23.4 Å². The summed E-state index contributed by atoms with van der Waals surface area (Å²) in [5.74, 6) is 1.63. The molecular weight excluding hydrogens is 376 g/mol. The first-order chi connectivity index (χ1) is 14.1. The summed E-state index contributed by atoms with van der Waals surface area (Å²) in [6.07, 6.45) is 1.19. The number of carbonyl (C=O) groups is 1. The topological polar surface area (TPSA) is 108 Å². The summed E-state index contributed by atoms with van der Waals surface area (Å²) < 4.78 is 16.9. The number of carboxylic acid groups (broad SMARTS) is 1. The highest BCUT2D eigenvalue weighted by molar-refractivity contribution is 5.72. The molecule has 3 heterocycles. The number of hydrogen-bond donors (Lipinski definition) is 1. The Hall–Kier alpha value is -3.67. The van der Waals surface area contributed by atoms with Gasteiger partial charge in [-0.25, -0.2) is 9.78 Å². The van der Waals surface area contributed by atoms with E-state index < -0.39 is 6.09 Å². The van der Waals surface area contributed by atoms with Gasteiger partial charge in [0.2, 0.25) is 5.88 Å². The van der Waals surface area contributed by atoms with Gasteiger partial charge in [-0.3, -0.25) is 0 Å². The number of nitriles is 1. The Bertz CT molecular complexity index is 974. The van der Waals surface area contributed by atoms with Crippen LogP contribution in [0.4, 0.5) is 16.2 Å². The van der Waals surface area contributed by atoms with Gasteiger partial charge in [0.05, 0.1) is 37.8 Å². The van der Waals surface area contributed by atoms with Crippen molar-refractivity contribution in [3.63, 3.8) is 0 Å². The van der Waals surface area contributed by atoms with Crippen LogP contribution in [0, 0.1) is 11.3 Å². The van der Waals surface area contributed by atoms with Crippen LogP contribution < -0.4 is 19.1 Å². The molecule has 0 saturated carbocycles. The van der Waals surface area contributed by atoms with Crippen LogP contribution >= 0.6 is 0 Å². The molecule has 2 aliphatic heterocycles. The average molecular weight is 396 g/mol. The molecule has 9 nitrogen and oxygen atoms in total. The van der Waals surface area contributed by atoms with Crippen LogP contribution in [-0.2, 0) is 0 Å². The minimum atomic E-state index is -0.929. The minimum Gasteiger partial charge on any atom is -0.490 e. The van der Waals surface area contributed by atoms with Crippen LogP contribution in [0.3, 0.4) is 0 Å². The van der Waals surface area contributed by atoms with E-state index in [2.05, 4.69) is 11.1 Å². The van der Waals surface area contributed by atoms with Crippen LogP contribution in [0.2, 0.25) is 0 Å². The van der Waals surface area contributed by atoms with Gasteiger partial charge in [-0.1, -0.05) is 0 Å². The first-order valence-corrected chi connectivity index (χ1v) is 9.22. The number of hydrogen-bond acceptors (Lipinski definition) is 7. The van der Waals surface area contributed by atoms with Gasteiger partial charge in [0.25, 0.3) is 0 Å². The number of likely N-dealkylation sites (tertiary alicyclic amines) is 1. The summed E-state index contributed by atoms with van der Waals surface area (Å²) >= 11 is 0. The maximum absolute atomic E-state index is 11.1. The summed E-state index contributed by atoms with van der Waals surface area (Å²) in [5.41, 5.74) is 1.91. The third kappa shape index (κ3) is 3.69. The number of nitrogens with zero attached hydrogens (tertiary/aromatic N) is 4. The summed E-state index contributed by atoms with van der Waals surface area (Å²) in [6.45, 7) is 1.90. The molecule has 4 rings (SSSR count). The van der Waals surface area contributed by atoms with Crippen LogP contribution in [0.25, 0.3) is 0 Å². The minimum absolute atomic E-state index is 0.185. The number of pyridine rings is 1. The SMILES string of the molecule is COc1ncc(N2CCOc3ccc(O[C@H]4CCN(C(=O)O)C4)cc32)cc1C#N. The van der Waals surface area contributed by atoms with Gasteiger partial charge in [-0.15, -0.1) is 0 Å². The number of fused-ring (bicyclic) bond motifs is 1. The van der Waals surface area contributed by atoms with E-state index in [1.165, 1.54) is 12.0 Å². The van der Waals surface area contributed by atoms with E-state index in [9.17, 15) is 10.1 Å². The Morgan fingerprint density at radius 3 is 2.97 bits per heavy atom. The Labute approximate surface area is 167 Å². The smallest absolute Gasteiger partial charge is 0.407 e. The number of anilines is 2. The molecule has 1 amide bonds. The molecule has 1 atom stereocenters. The van der Waals surface area contributed by atoms with Crippen molar-refractivity contribution >= 4 is 17.5 Å². The molecule has 2 aliphatic rings. The van der Waals surface area contributed by atoms with Crippen molar-refractivity contribution in [2.45, 2.75) is 12.5 Å². The predicted molar refractivity (Wildman–Crippen MR) is 103 cm³/mol. The average Bonchev–Trinajstić information content (AvgIpc) is 3.21. The molecule has 2 aromatic rings. The van der Waals surface area contributed by atoms with Crippen LogP contribution in [0.15, 0.2) is 30.5 Å². The molecule has 150 valence electrons. The number of ether oxygens (including phenoxy) is 3. The zero-order chi connectivity index (χ0) is 20.4. The standard InChI is InChI=1S/C20H20N4O5/c1-27-19-13(10-21)8-14(11-22-19)24-6-7-28-18-3-2-15(9-17(18)24)29-16-4-5-23(12-16)20(25)26/h2-3,8-9,11,16H,4-7,12H2,1H3,(H,25,26)/t16-/m0/s1. The lowest BCUT2D eigenvalue weighted by Crippen LogP contribution is -2.30. The number of methoxy groups -OCH3 is 1. The Kier molecular flexibility index (Phi) is 4.99. The Morgan fingerprint density at radius 2 is 2.24 bits per heavy atom. The number of benzene rings is 1. The Balaban J connectivity index is 1.59. The fourth-order valence-corrected chi connectivity index (χ4v) is 3.56. The second-order valence-electron chi connectivity index (χ2n) is 6.75. The van der Waals surface area contributed by atoms with E-state index >= 15 is 0 Å². The molecule has 0 aliphatic carbocycles. The number of rotatable bonds is 4. The Morgan fingerprint density at radius 1 is 1.38 bits per heavy atom. The van der Waals surface area contributed by atoms with Gasteiger partial charge < -0.3 is 29.1 Å². The third-order valence-corrected chi connectivity index (χ3v) is 4.97. The molecule has 1 saturated heterocycles. The fraction of sp³-hybridized carbons (Fsp3) is 0.350. The molecule has 0 bridgehead atoms. The highest BCUT2D eigenvalue weighted by atomic mass is 16.5. The van der Waals surface area contributed by atoms with E-state index in [1.807, 2.05) is 23.1 Å². The second-order valence-corrected chi connectivity index (χ2v) is 6.75. The van der Waals surface area contributed by atoms with Crippen molar-refractivity contribution in [2.24, 2.45) is 0 Å². The lowest BCUT2D eigenvalue weighted by Gasteiger charge is -2.31. The van der Waals surface area contributed by atoms with Crippen LogP contribution in [0.5, 0.6) is 17.4 Å². The highest BCUT2D eigenvalue weighted by Crippen LogP contribution is 2.40. The molecule has 29 heavy (non-hydrogen) atoms. The lowest BCUT2D eigenvalue weighted by molar-refractivity contribution is 0.145. The molecular formula is C20H20N4O5. The predicted octanol–water partition coefficient (Wildman–Crippen LogP) is 2.62. The van der Waals surface area contributed by atoms with Crippen molar-refractivity contribution < 1.29 is 24.1 Å². The normalized spacial score (nSPS) is 17.9. The van der Waals surface area contributed by atoms with E-state index in [0.29, 0.717) is 49.7 Å². The van der Waals surface area contributed by atoms with Gasteiger partial charge in [0, 0.05) is 19.0 Å². The highest BCUT2D eigenvalue weighted by Gasteiger charge is 2.28. The molecule has 0 spiro atoms. The summed E-state index contributed by atoms with van der Waals surface area (Å²) in [4.78, 5) is 18.7. The van der Waals surface area contributed by atoms with Crippen molar-refractivity contribution in [2.75, 3.05) is 38.3 Å². The van der Waals surface area contributed by atoms with E-state index in [0.717, 1.165) is 11.4 Å². The van der Waals surface area contributed by atoms with Crippen LogP contribution in [-0.4, -0.2) is 60.5 Å². The van der Waals surface area contributed by atoms with E-state index in [1.54, 1.807) is 12.3 Å². The first-order valence-electron chi connectivity index (χ1n) is 9.22. The quantitative estimate of drug-likeness (QED) is 0.840. The molecule has 0 radical (unpaired) electrons. The molecule has 0 unspecified atom stereocenters. The largest absolute Gasteiger partial charge is 0.490 e. The summed E-state index contributed by atoms with van der Waals surface area (Å²) in [7, 11) is 1.48. The molecule has 1 aromatic heterocycles. The monoisotopic (exact) mass is 396 g/mol. The maximum atomic E-state index is 11.1. The molecule has 1 N–H and O–H groups in total. The summed E-state index contributed by atoms with van der Waals surface area (Å²) in [5, 5.41) is 18.5. The van der Waals surface area contributed by atoms with Gasteiger partial charge in [-0.2, -0.15) is 5.26 Å². The van der Waals surface area contributed by atoms with Crippen LogP contribution in [0.1, 0.15) is 12.0 Å². The third-order valence-electron chi connectivity index (χ3n) is 4.97. The molecule has 9 heteroatoms. The first kappa shape index (κ1) is 18.7.